The molecule has 1 aromatic carbocycles. The van der Waals surface area contributed by atoms with Gasteiger partial charge in [0.1, 0.15) is 0 Å². The number of piperidine rings is 1. The zero-order valence-corrected chi connectivity index (χ0v) is 12.7. The molecule has 2 aliphatic heterocycles. The molecule has 0 aromatic heterocycles. The van der Waals surface area contributed by atoms with Gasteiger partial charge in [0.25, 0.3) is 0 Å². The highest BCUT2D eigenvalue weighted by Gasteiger charge is 2.32. The molecule has 0 aliphatic carbocycles. The minimum Gasteiger partial charge on any atom is -0.384 e. The molecular weight excluding hydrogens is 272 g/mol. The maximum atomic E-state index is 12.9. The van der Waals surface area contributed by atoms with E-state index in [0.29, 0.717) is 11.4 Å². The van der Waals surface area contributed by atoms with Crippen LogP contribution in [0.1, 0.15) is 38.2 Å². The van der Waals surface area contributed by atoms with Crippen molar-refractivity contribution in [2.75, 3.05) is 18.4 Å². The van der Waals surface area contributed by atoms with Crippen molar-refractivity contribution < 1.29 is 8.42 Å². The summed E-state index contributed by atoms with van der Waals surface area (Å²) < 4.78 is 27.4. The Morgan fingerprint density at radius 3 is 3.00 bits per heavy atom. The molecule has 5 heteroatoms. The number of sulfonamides is 1. The SMILES string of the molecule is CCC1CCCCN1S(=O)(=O)c1ccc2c(c1)CCN2. The van der Waals surface area contributed by atoms with Crippen molar-refractivity contribution in [2.24, 2.45) is 0 Å². The Morgan fingerprint density at radius 2 is 2.20 bits per heavy atom. The Morgan fingerprint density at radius 1 is 1.35 bits per heavy atom. The first-order chi connectivity index (χ1) is 9.63. The van der Waals surface area contributed by atoms with Crippen molar-refractivity contribution in [3.63, 3.8) is 0 Å². The van der Waals surface area contributed by atoms with Gasteiger partial charge in [-0.15, -0.1) is 0 Å². The van der Waals surface area contributed by atoms with Crippen molar-refractivity contribution in [2.45, 2.75) is 50.0 Å². The second-order valence-electron chi connectivity index (χ2n) is 5.67. The fourth-order valence-electron chi connectivity index (χ4n) is 3.28. The molecule has 110 valence electrons. The van der Waals surface area contributed by atoms with E-state index in [1.54, 1.807) is 10.4 Å². The van der Waals surface area contributed by atoms with E-state index < -0.39 is 10.0 Å². The lowest BCUT2D eigenvalue weighted by Crippen LogP contribution is -2.43. The highest BCUT2D eigenvalue weighted by molar-refractivity contribution is 7.89. The van der Waals surface area contributed by atoms with Gasteiger partial charge in [-0.05, 0) is 49.4 Å². The maximum absolute atomic E-state index is 12.9. The van der Waals surface area contributed by atoms with E-state index in [-0.39, 0.29) is 6.04 Å². The predicted octanol–water partition coefficient (Wildman–Crippen LogP) is 2.61. The normalized spacial score (nSPS) is 23.4. The zero-order valence-electron chi connectivity index (χ0n) is 11.9. The number of anilines is 1. The molecule has 0 saturated carbocycles. The lowest BCUT2D eigenvalue weighted by atomic mass is 10.0. The molecule has 1 unspecified atom stereocenters. The molecule has 1 atom stereocenters. The molecule has 0 spiro atoms. The fourth-order valence-corrected chi connectivity index (χ4v) is 5.09. The van der Waals surface area contributed by atoms with Crippen LogP contribution in [0.4, 0.5) is 5.69 Å². The van der Waals surface area contributed by atoms with Crippen LogP contribution < -0.4 is 5.32 Å². The van der Waals surface area contributed by atoms with Crippen LogP contribution in [0.25, 0.3) is 0 Å². The van der Waals surface area contributed by atoms with Gasteiger partial charge in [0.05, 0.1) is 4.90 Å². The van der Waals surface area contributed by atoms with Gasteiger partial charge in [0, 0.05) is 24.8 Å². The van der Waals surface area contributed by atoms with Gasteiger partial charge in [-0.25, -0.2) is 8.42 Å². The van der Waals surface area contributed by atoms with Crippen LogP contribution in [0.2, 0.25) is 0 Å². The van der Waals surface area contributed by atoms with Crippen LogP contribution in [0.5, 0.6) is 0 Å². The summed E-state index contributed by atoms with van der Waals surface area (Å²) in [6.07, 6.45) is 4.91. The minimum absolute atomic E-state index is 0.167. The molecule has 0 bridgehead atoms. The van der Waals surface area contributed by atoms with Gasteiger partial charge in [0.15, 0.2) is 0 Å². The lowest BCUT2D eigenvalue weighted by Gasteiger charge is -2.34. The average molecular weight is 294 g/mol. The molecule has 1 N–H and O–H groups in total. The Balaban J connectivity index is 1.94. The highest BCUT2D eigenvalue weighted by Crippen LogP contribution is 2.30. The molecule has 1 fully saturated rings. The first kappa shape index (κ1) is 13.9. The van der Waals surface area contributed by atoms with Crippen LogP contribution in [0, 0.1) is 0 Å². The first-order valence-corrected chi connectivity index (χ1v) is 8.95. The van der Waals surface area contributed by atoms with E-state index in [1.807, 2.05) is 12.1 Å². The molecule has 0 amide bonds. The second kappa shape index (κ2) is 5.37. The monoisotopic (exact) mass is 294 g/mol. The molecule has 1 aromatic rings. The standard InChI is InChI=1S/C15H22N2O2S/c1-2-13-5-3-4-10-17(13)20(18,19)14-6-7-15-12(11-14)8-9-16-15/h6-7,11,13,16H,2-5,8-10H2,1H3. The Hall–Kier alpha value is -1.07. The summed E-state index contributed by atoms with van der Waals surface area (Å²) in [4.78, 5) is 0.459. The van der Waals surface area contributed by atoms with E-state index in [1.165, 1.54) is 0 Å². The fraction of sp³-hybridized carbons (Fsp3) is 0.600. The molecule has 1 saturated heterocycles. The van der Waals surface area contributed by atoms with Gasteiger partial charge in [-0.1, -0.05) is 13.3 Å². The van der Waals surface area contributed by atoms with Gasteiger partial charge < -0.3 is 5.32 Å². The Labute approximate surface area is 121 Å². The summed E-state index contributed by atoms with van der Waals surface area (Å²) in [6.45, 7) is 3.64. The summed E-state index contributed by atoms with van der Waals surface area (Å²) in [5.74, 6) is 0. The van der Waals surface area contributed by atoms with Crippen molar-refractivity contribution in [1.29, 1.82) is 0 Å². The Kier molecular flexibility index (Phi) is 3.73. The molecule has 0 radical (unpaired) electrons. The van der Waals surface area contributed by atoms with Crippen molar-refractivity contribution in [1.82, 2.24) is 4.31 Å². The molecule has 2 aliphatic rings. The van der Waals surface area contributed by atoms with Gasteiger partial charge in [-0.3, -0.25) is 0 Å². The predicted molar refractivity (Wildman–Crippen MR) is 80.5 cm³/mol. The molecule has 4 nitrogen and oxygen atoms in total. The van der Waals surface area contributed by atoms with Crippen LogP contribution in [0.3, 0.4) is 0 Å². The quantitative estimate of drug-likeness (QED) is 0.932. The number of hydrogen-bond acceptors (Lipinski definition) is 3. The van der Waals surface area contributed by atoms with E-state index in [9.17, 15) is 8.42 Å². The molecular formula is C15H22N2O2S. The number of benzene rings is 1. The van der Waals surface area contributed by atoms with Crippen LogP contribution in [0.15, 0.2) is 23.1 Å². The summed E-state index contributed by atoms with van der Waals surface area (Å²) in [5, 5.41) is 3.27. The van der Waals surface area contributed by atoms with Crippen molar-refractivity contribution >= 4 is 15.7 Å². The lowest BCUT2D eigenvalue weighted by molar-refractivity contribution is 0.246. The van der Waals surface area contributed by atoms with Gasteiger partial charge >= 0.3 is 0 Å². The number of rotatable bonds is 3. The summed E-state index contributed by atoms with van der Waals surface area (Å²) in [6, 6.07) is 5.67. The number of nitrogens with one attached hydrogen (secondary N) is 1. The highest BCUT2D eigenvalue weighted by atomic mass is 32.2. The smallest absolute Gasteiger partial charge is 0.243 e. The Bertz CT molecular complexity index is 598. The van der Waals surface area contributed by atoms with Crippen LogP contribution >= 0.6 is 0 Å². The molecule has 2 heterocycles. The third-order valence-corrected chi connectivity index (χ3v) is 6.39. The van der Waals surface area contributed by atoms with E-state index in [0.717, 1.165) is 49.9 Å². The third kappa shape index (κ3) is 2.33. The number of hydrogen-bond donors (Lipinski definition) is 1. The minimum atomic E-state index is -3.34. The third-order valence-electron chi connectivity index (χ3n) is 4.44. The van der Waals surface area contributed by atoms with E-state index >= 15 is 0 Å². The topological polar surface area (TPSA) is 49.4 Å². The number of fused-ring (bicyclic) bond motifs is 1. The van der Waals surface area contributed by atoms with E-state index in [2.05, 4.69) is 12.2 Å². The average Bonchev–Trinajstić information content (AvgIpc) is 2.94. The van der Waals surface area contributed by atoms with Crippen molar-refractivity contribution in [3.05, 3.63) is 23.8 Å². The largest absolute Gasteiger partial charge is 0.384 e. The summed E-state index contributed by atoms with van der Waals surface area (Å²) >= 11 is 0. The van der Waals surface area contributed by atoms with Gasteiger partial charge in [0.2, 0.25) is 10.0 Å². The zero-order chi connectivity index (χ0) is 14.2. The molecule has 20 heavy (non-hydrogen) atoms. The van der Waals surface area contributed by atoms with Gasteiger partial charge in [-0.2, -0.15) is 4.31 Å². The second-order valence-corrected chi connectivity index (χ2v) is 7.56. The molecule has 3 rings (SSSR count). The number of nitrogens with zero attached hydrogens (tertiary/aromatic N) is 1. The van der Waals surface area contributed by atoms with Crippen LogP contribution in [-0.2, 0) is 16.4 Å². The maximum Gasteiger partial charge on any atom is 0.243 e. The first-order valence-electron chi connectivity index (χ1n) is 7.51. The summed E-state index contributed by atoms with van der Waals surface area (Å²) in [7, 11) is -3.34. The summed E-state index contributed by atoms with van der Waals surface area (Å²) in [5.41, 5.74) is 2.20. The van der Waals surface area contributed by atoms with E-state index in [4.69, 9.17) is 0 Å². The van der Waals surface area contributed by atoms with Crippen molar-refractivity contribution in [3.8, 4) is 0 Å². The van der Waals surface area contributed by atoms with Crippen LogP contribution in [-0.4, -0.2) is 31.9 Å².